The van der Waals surface area contributed by atoms with E-state index in [1.165, 1.54) is 47.7 Å². The van der Waals surface area contributed by atoms with Gasteiger partial charge >= 0.3 is 0 Å². The van der Waals surface area contributed by atoms with Crippen molar-refractivity contribution >= 4 is 15.9 Å². The summed E-state index contributed by atoms with van der Waals surface area (Å²) in [5, 5.41) is 0. The van der Waals surface area contributed by atoms with Gasteiger partial charge in [-0.05, 0) is 49.7 Å². The van der Waals surface area contributed by atoms with Gasteiger partial charge in [0.05, 0.1) is 5.60 Å². The van der Waals surface area contributed by atoms with Gasteiger partial charge in [0.2, 0.25) is 0 Å². The largest absolute Gasteiger partial charge is 0.375 e. The lowest BCUT2D eigenvalue weighted by Gasteiger charge is -2.45. The third-order valence-corrected chi connectivity index (χ3v) is 6.47. The second-order valence-electron chi connectivity index (χ2n) is 6.85. The number of nitrogens with two attached hydrogens (primary N) is 1. The Morgan fingerprint density at radius 2 is 2.05 bits per heavy atom. The van der Waals surface area contributed by atoms with Crippen LogP contribution in [0.5, 0.6) is 0 Å². The summed E-state index contributed by atoms with van der Waals surface area (Å²) in [5.74, 6) is 0.537. The summed E-state index contributed by atoms with van der Waals surface area (Å²) in [6.07, 6.45) is 8.67. The van der Waals surface area contributed by atoms with E-state index in [9.17, 15) is 0 Å². The molecule has 0 amide bonds. The molecular weight excluding hydrogens is 326 g/mol. The lowest BCUT2D eigenvalue weighted by atomic mass is 9.73. The molecule has 3 rings (SSSR count). The predicted octanol–water partition coefficient (Wildman–Crippen LogP) is 4.89. The van der Waals surface area contributed by atoms with E-state index in [0.29, 0.717) is 5.92 Å². The molecule has 0 bridgehead atoms. The lowest BCUT2D eigenvalue weighted by molar-refractivity contribution is -0.120. The number of benzene rings is 1. The van der Waals surface area contributed by atoms with Crippen molar-refractivity contribution in [2.45, 2.75) is 63.5 Å². The third-order valence-electron chi connectivity index (χ3n) is 5.38. The average molecular weight is 352 g/mol. The third kappa shape index (κ3) is 3.20. The Kier molecular flexibility index (Phi) is 4.72. The van der Waals surface area contributed by atoms with Crippen LogP contribution in [0.4, 0.5) is 0 Å². The van der Waals surface area contributed by atoms with Gasteiger partial charge in [0, 0.05) is 17.1 Å². The molecule has 21 heavy (non-hydrogen) atoms. The van der Waals surface area contributed by atoms with Crippen LogP contribution in [0.2, 0.25) is 0 Å². The second-order valence-corrected chi connectivity index (χ2v) is 7.64. The lowest BCUT2D eigenvalue weighted by Crippen LogP contribution is -2.44. The molecular formula is C18H26BrNO. The van der Waals surface area contributed by atoms with E-state index in [2.05, 4.69) is 41.1 Å². The molecule has 116 valence electrons. The zero-order valence-corrected chi connectivity index (χ0v) is 14.5. The summed E-state index contributed by atoms with van der Waals surface area (Å²) >= 11 is 3.72. The molecule has 1 heterocycles. The van der Waals surface area contributed by atoms with Crippen LogP contribution in [0.1, 0.15) is 62.1 Å². The first kappa shape index (κ1) is 15.5. The second kappa shape index (κ2) is 6.39. The molecule has 2 nitrogen and oxygen atoms in total. The molecule has 1 aliphatic carbocycles. The van der Waals surface area contributed by atoms with Crippen LogP contribution < -0.4 is 5.73 Å². The number of ether oxygens (including phenoxy) is 1. The molecule has 3 heteroatoms. The number of aryl methyl sites for hydroxylation is 1. The van der Waals surface area contributed by atoms with Gasteiger partial charge in [-0.2, -0.15) is 0 Å². The zero-order valence-electron chi connectivity index (χ0n) is 12.9. The first-order valence-electron chi connectivity index (χ1n) is 8.26. The topological polar surface area (TPSA) is 35.2 Å². The summed E-state index contributed by atoms with van der Waals surface area (Å²) in [5.41, 5.74) is 9.30. The maximum absolute atomic E-state index is 6.64. The number of hydrogen-bond acceptors (Lipinski definition) is 2. The summed E-state index contributed by atoms with van der Waals surface area (Å²) in [6.45, 7) is 3.01. The molecule has 1 saturated heterocycles. The van der Waals surface area contributed by atoms with Crippen LogP contribution in [0.15, 0.2) is 22.7 Å². The van der Waals surface area contributed by atoms with E-state index < -0.39 is 0 Å². The van der Waals surface area contributed by atoms with E-state index in [4.69, 9.17) is 10.5 Å². The minimum Gasteiger partial charge on any atom is -0.375 e. The fourth-order valence-corrected chi connectivity index (χ4v) is 4.63. The Balaban J connectivity index is 1.78. The standard InChI is InChI=1S/C18H26BrNO/c1-13-6-5-7-15(16(13)19)17(20)14-8-11-21-18(12-14)9-3-2-4-10-18/h5-7,14,17H,2-4,8-12,20H2,1H3. The fraction of sp³-hybridized carbons (Fsp3) is 0.667. The summed E-state index contributed by atoms with van der Waals surface area (Å²) < 4.78 is 7.39. The first-order valence-corrected chi connectivity index (χ1v) is 9.05. The van der Waals surface area contributed by atoms with E-state index in [1.54, 1.807) is 0 Å². The molecule has 2 aliphatic rings. The average Bonchev–Trinajstić information content (AvgIpc) is 2.50. The zero-order chi connectivity index (χ0) is 14.9. The minimum absolute atomic E-state index is 0.113. The van der Waals surface area contributed by atoms with Gasteiger partial charge < -0.3 is 10.5 Å². The number of rotatable bonds is 2. The number of hydrogen-bond donors (Lipinski definition) is 1. The van der Waals surface area contributed by atoms with Gasteiger partial charge in [0.15, 0.2) is 0 Å². The van der Waals surface area contributed by atoms with Crippen molar-refractivity contribution in [2.24, 2.45) is 11.7 Å². The molecule has 0 aromatic heterocycles. The van der Waals surface area contributed by atoms with Gasteiger partial charge in [0.1, 0.15) is 0 Å². The number of halogens is 1. The summed E-state index contributed by atoms with van der Waals surface area (Å²) in [7, 11) is 0. The highest BCUT2D eigenvalue weighted by Gasteiger charge is 2.40. The van der Waals surface area contributed by atoms with Crippen molar-refractivity contribution in [1.29, 1.82) is 0 Å². The maximum atomic E-state index is 6.64. The Morgan fingerprint density at radius 1 is 1.29 bits per heavy atom. The SMILES string of the molecule is Cc1cccc(C(N)C2CCOC3(CCCCC3)C2)c1Br. The molecule has 1 aromatic carbocycles. The van der Waals surface area contributed by atoms with Gasteiger partial charge in [-0.3, -0.25) is 0 Å². The molecule has 2 unspecified atom stereocenters. The predicted molar refractivity (Wildman–Crippen MR) is 90.3 cm³/mol. The van der Waals surface area contributed by atoms with E-state index in [-0.39, 0.29) is 11.6 Å². The fourth-order valence-electron chi connectivity index (χ4n) is 4.10. The van der Waals surface area contributed by atoms with Crippen LogP contribution >= 0.6 is 15.9 Å². The normalized spacial score (nSPS) is 26.7. The molecule has 1 aromatic rings. The Labute approximate surface area is 136 Å². The highest BCUT2D eigenvalue weighted by molar-refractivity contribution is 9.10. The molecule has 2 fully saturated rings. The molecule has 2 atom stereocenters. The highest BCUT2D eigenvalue weighted by Crippen LogP contribution is 2.44. The van der Waals surface area contributed by atoms with Crippen LogP contribution in [-0.4, -0.2) is 12.2 Å². The van der Waals surface area contributed by atoms with Gasteiger partial charge in [-0.15, -0.1) is 0 Å². The van der Waals surface area contributed by atoms with Gasteiger partial charge in [-0.25, -0.2) is 0 Å². The Morgan fingerprint density at radius 3 is 2.81 bits per heavy atom. The van der Waals surface area contributed by atoms with Crippen molar-refractivity contribution in [3.63, 3.8) is 0 Å². The molecule has 2 N–H and O–H groups in total. The quantitative estimate of drug-likeness (QED) is 0.823. The van der Waals surface area contributed by atoms with Crippen molar-refractivity contribution < 1.29 is 4.74 Å². The first-order chi connectivity index (χ1) is 10.1. The highest BCUT2D eigenvalue weighted by atomic mass is 79.9. The van der Waals surface area contributed by atoms with Crippen LogP contribution in [0, 0.1) is 12.8 Å². The molecule has 1 spiro atoms. The van der Waals surface area contributed by atoms with Crippen LogP contribution in [0.25, 0.3) is 0 Å². The van der Waals surface area contributed by atoms with E-state index in [0.717, 1.165) is 19.4 Å². The van der Waals surface area contributed by atoms with Crippen molar-refractivity contribution in [3.05, 3.63) is 33.8 Å². The summed E-state index contributed by atoms with van der Waals surface area (Å²) in [6, 6.07) is 6.53. The van der Waals surface area contributed by atoms with Gasteiger partial charge in [0.25, 0.3) is 0 Å². The smallest absolute Gasteiger partial charge is 0.0685 e. The van der Waals surface area contributed by atoms with Crippen molar-refractivity contribution in [1.82, 2.24) is 0 Å². The molecule has 0 radical (unpaired) electrons. The van der Waals surface area contributed by atoms with Gasteiger partial charge in [-0.1, -0.05) is 53.4 Å². The van der Waals surface area contributed by atoms with E-state index in [1.807, 2.05) is 0 Å². The summed E-state index contributed by atoms with van der Waals surface area (Å²) in [4.78, 5) is 0. The van der Waals surface area contributed by atoms with Crippen molar-refractivity contribution in [2.75, 3.05) is 6.61 Å². The van der Waals surface area contributed by atoms with Crippen molar-refractivity contribution in [3.8, 4) is 0 Å². The van der Waals surface area contributed by atoms with Crippen LogP contribution in [0.3, 0.4) is 0 Å². The maximum Gasteiger partial charge on any atom is 0.0685 e. The Hall–Kier alpha value is -0.380. The minimum atomic E-state index is 0.113. The molecule has 1 saturated carbocycles. The monoisotopic (exact) mass is 351 g/mol. The Bertz CT molecular complexity index is 490. The van der Waals surface area contributed by atoms with E-state index >= 15 is 0 Å². The van der Waals surface area contributed by atoms with Crippen LogP contribution in [-0.2, 0) is 4.74 Å². The molecule has 1 aliphatic heterocycles.